The number of nitrogens with one attached hydrogen (secondary N) is 1. The number of methoxy groups -OCH3 is 1. The van der Waals surface area contributed by atoms with Crippen LogP contribution in [0.4, 0.5) is 0 Å². The molecule has 0 unspecified atom stereocenters. The molecule has 1 saturated heterocycles. The second kappa shape index (κ2) is 8.62. The van der Waals surface area contributed by atoms with E-state index in [-0.39, 0.29) is 11.9 Å². The van der Waals surface area contributed by atoms with Crippen molar-refractivity contribution in [2.45, 2.75) is 32.7 Å². The number of nitrogens with zero attached hydrogens (tertiary/aromatic N) is 3. The van der Waals surface area contributed by atoms with Gasteiger partial charge in [-0.25, -0.2) is 4.98 Å². The Labute approximate surface area is 193 Å². The van der Waals surface area contributed by atoms with Crippen LogP contribution in [0.15, 0.2) is 66.8 Å². The molecule has 1 aliphatic heterocycles. The van der Waals surface area contributed by atoms with Crippen LogP contribution in [0, 0.1) is 6.92 Å². The smallest absolute Gasteiger partial charge is 0.250 e. The largest absolute Gasteiger partial charge is 0.495 e. The molecule has 4 aromatic rings. The number of hydrogen-bond acceptors (Lipinski definition) is 3. The number of hydrogen-bond donors (Lipinski definition) is 1. The number of rotatable bonds is 5. The van der Waals surface area contributed by atoms with Crippen LogP contribution in [0.3, 0.4) is 0 Å². The topological polar surface area (TPSA) is 63.1 Å². The molecule has 1 fully saturated rings. The number of para-hydroxylation sites is 1. The van der Waals surface area contributed by atoms with Crippen molar-refractivity contribution in [3.05, 3.63) is 83.6 Å². The molecule has 1 atom stereocenters. The third-order valence-corrected chi connectivity index (χ3v) is 6.45. The minimum atomic E-state index is -0.00116. The fraction of sp³-hybridized carbons (Fsp3) is 0.259. The van der Waals surface area contributed by atoms with Gasteiger partial charge < -0.3 is 19.2 Å². The van der Waals surface area contributed by atoms with Gasteiger partial charge in [-0.15, -0.1) is 0 Å². The zero-order chi connectivity index (χ0) is 22.9. The maximum absolute atomic E-state index is 13.5. The van der Waals surface area contributed by atoms with Crippen molar-refractivity contribution in [2.75, 3.05) is 13.7 Å². The van der Waals surface area contributed by atoms with Crippen LogP contribution in [0.2, 0.25) is 0 Å². The highest BCUT2D eigenvalue weighted by Crippen LogP contribution is 2.33. The quantitative estimate of drug-likeness (QED) is 0.421. The molecule has 3 heterocycles. The molecule has 1 aliphatic rings. The van der Waals surface area contributed by atoms with Gasteiger partial charge in [0.05, 0.1) is 30.9 Å². The van der Waals surface area contributed by atoms with Gasteiger partial charge in [-0.1, -0.05) is 24.3 Å². The summed E-state index contributed by atoms with van der Waals surface area (Å²) in [4.78, 5) is 23.1. The van der Waals surface area contributed by atoms with Crippen molar-refractivity contribution in [3.63, 3.8) is 0 Å². The number of fused-ring (bicyclic) bond motifs is 1. The number of piperidine rings is 1. The van der Waals surface area contributed by atoms with E-state index in [9.17, 15) is 4.79 Å². The van der Waals surface area contributed by atoms with Gasteiger partial charge in [0.25, 0.3) is 0 Å². The molecular weight excluding hydrogens is 412 g/mol. The second-order valence-corrected chi connectivity index (χ2v) is 8.59. The summed E-state index contributed by atoms with van der Waals surface area (Å²) in [6.07, 6.45) is 9.50. The fourth-order valence-corrected chi connectivity index (χ4v) is 4.70. The summed E-state index contributed by atoms with van der Waals surface area (Å²) in [5.41, 5.74) is 5.91. The lowest BCUT2D eigenvalue weighted by Gasteiger charge is -2.34. The Balaban J connectivity index is 1.42. The lowest BCUT2D eigenvalue weighted by molar-refractivity contribution is -0.130. The maximum atomic E-state index is 13.5. The van der Waals surface area contributed by atoms with Gasteiger partial charge in [-0.2, -0.15) is 0 Å². The third kappa shape index (κ3) is 3.93. The van der Waals surface area contributed by atoms with Crippen molar-refractivity contribution in [1.82, 2.24) is 19.4 Å². The van der Waals surface area contributed by atoms with Gasteiger partial charge in [0.15, 0.2) is 0 Å². The molecule has 2 aromatic carbocycles. The van der Waals surface area contributed by atoms with E-state index in [0.29, 0.717) is 0 Å². The van der Waals surface area contributed by atoms with Crippen LogP contribution in [-0.2, 0) is 4.79 Å². The zero-order valence-electron chi connectivity index (χ0n) is 19.2. The van der Waals surface area contributed by atoms with E-state index in [2.05, 4.69) is 29.0 Å². The molecule has 0 aliphatic carbocycles. The number of likely N-dealkylation sites (tertiary alicyclic amines) is 1. The lowest BCUT2D eigenvalue weighted by Crippen LogP contribution is -2.38. The van der Waals surface area contributed by atoms with Gasteiger partial charge in [0.2, 0.25) is 5.91 Å². The number of ether oxygens (including phenoxy) is 1. The first kappa shape index (κ1) is 21.1. The summed E-state index contributed by atoms with van der Waals surface area (Å²) in [6.45, 7) is 4.83. The minimum Gasteiger partial charge on any atom is -0.495 e. The van der Waals surface area contributed by atoms with Crippen molar-refractivity contribution in [1.29, 1.82) is 0 Å². The number of carbonyl (C=O) groups excluding carboxylic acids is 1. The van der Waals surface area contributed by atoms with Crippen molar-refractivity contribution in [3.8, 4) is 11.4 Å². The molecule has 6 nitrogen and oxygen atoms in total. The van der Waals surface area contributed by atoms with Crippen molar-refractivity contribution >= 4 is 22.9 Å². The molecule has 1 amide bonds. The van der Waals surface area contributed by atoms with Crippen molar-refractivity contribution in [2.24, 2.45) is 0 Å². The molecule has 0 bridgehead atoms. The Bertz CT molecular complexity index is 1350. The maximum Gasteiger partial charge on any atom is 0.250 e. The van der Waals surface area contributed by atoms with Crippen LogP contribution in [0.25, 0.3) is 22.7 Å². The lowest BCUT2D eigenvalue weighted by atomic mass is 9.97. The first-order valence-electron chi connectivity index (χ1n) is 11.3. The number of benzene rings is 2. The van der Waals surface area contributed by atoms with Gasteiger partial charge >= 0.3 is 0 Å². The number of aromatic nitrogens is 3. The number of aromatic amines is 1. The van der Waals surface area contributed by atoms with E-state index < -0.39 is 0 Å². The van der Waals surface area contributed by atoms with Crippen LogP contribution in [-0.4, -0.2) is 39.0 Å². The Hall–Kier alpha value is -3.80. The summed E-state index contributed by atoms with van der Waals surface area (Å²) >= 11 is 0. The molecule has 0 radical (unpaired) electrons. The summed E-state index contributed by atoms with van der Waals surface area (Å²) in [5, 5.41) is 1.17. The normalized spacial score (nSPS) is 16.5. The Morgan fingerprint density at radius 2 is 2.06 bits per heavy atom. The molecule has 1 N–H and O–H groups in total. The second-order valence-electron chi connectivity index (χ2n) is 8.59. The van der Waals surface area contributed by atoms with Crippen molar-refractivity contribution < 1.29 is 9.53 Å². The number of amides is 1. The predicted octanol–water partition coefficient (Wildman–Crippen LogP) is 5.44. The number of H-pyrrole nitrogens is 1. The molecule has 0 saturated carbocycles. The highest BCUT2D eigenvalue weighted by atomic mass is 16.5. The van der Waals surface area contributed by atoms with E-state index in [4.69, 9.17) is 4.74 Å². The standard InChI is InChI=1S/C27H28N4O2/c1-18-16-30(17-29-18)25-11-10-20(14-26(25)33-3)13-21-7-6-12-31(27(21)32)19(2)23-15-28-24-9-5-4-8-22(23)24/h4-5,8-11,13-17,19,28H,6-7,12H2,1-3H3/t19-/m1/s1. The highest BCUT2D eigenvalue weighted by Gasteiger charge is 2.29. The van der Waals surface area contributed by atoms with Crippen LogP contribution in [0.5, 0.6) is 5.75 Å². The van der Waals surface area contributed by atoms with Crippen LogP contribution >= 0.6 is 0 Å². The molecule has 6 heteroatoms. The molecule has 168 valence electrons. The molecule has 5 rings (SSSR count). The van der Waals surface area contributed by atoms with E-state index in [0.717, 1.165) is 58.7 Å². The molecular formula is C27H28N4O2. The van der Waals surface area contributed by atoms with Crippen LogP contribution in [0.1, 0.15) is 42.6 Å². The molecule has 2 aromatic heterocycles. The zero-order valence-corrected chi connectivity index (χ0v) is 19.2. The minimum absolute atomic E-state index is 0.00116. The number of carbonyl (C=O) groups is 1. The number of aryl methyl sites for hydroxylation is 1. The summed E-state index contributed by atoms with van der Waals surface area (Å²) in [5.74, 6) is 0.848. The van der Waals surface area contributed by atoms with E-state index in [1.807, 2.05) is 65.2 Å². The Morgan fingerprint density at radius 3 is 2.85 bits per heavy atom. The highest BCUT2D eigenvalue weighted by molar-refractivity contribution is 5.99. The van der Waals surface area contributed by atoms with E-state index >= 15 is 0 Å². The van der Waals surface area contributed by atoms with Gasteiger partial charge in [-0.05, 0) is 62.1 Å². The fourth-order valence-electron chi connectivity index (χ4n) is 4.70. The third-order valence-electron chi connectivity index (χ3n) is 6.45. The summed E-state index contributed by atoms with van der Waals surface area (Å²) in [6, 6.07) is 14.2. The van der Waals surface area contributed by atoms with Gasteiger partial charge in [0.1, 0.15) is 5.75 Å². The molecule has 0 spiro atoms. The first-order valence-corrected chi connectivity index (χ1v) is 11.3. The Morgan fingerprint density at radius 1 is 1.21 bits per heavy atom. The first-order chi connectivity index (χ1) is 16.0. The Kier molecular flexibility index (Phi) is 5.50. The predicted molar refractivity (Wildman–Crippen MR) is 130 cm³/mol. The van der Waals surface area contributed by atoms with Gasteiger partial charge in [0, 0.05) is 35.4 Å². The van der Waals surface area contributed by atoms with Crippen LogP contribution < -0.4 is 4.74 Å². The SMILES string of the molecule is COc1cc(C=C2CCCN([C@H](C)c3c[nH]c4ccccc34)C2=O)ccc1-n1cnc(C)c1. The monoisotopic (exact) mass is 440 g/mol. The molecule has 33 heavy (non-hydrogen) atoms. The van der Waals surface area contributed by atoms with Gasteiger partial charge in [-0.3, -0.25) is 4.79 Å². The summed E-state index contributed by atoms with van der Waals surface area (Å²) in [7, 11) is 1.66. The average Bonchev–Trinajstić information content (AvgIpc) is 3.46. The average molecular weight is 441 g/mol. The van der Waals surface area contributed by atoms with E-state index in [1.165, 1.54) is 5.39 Å². The number of imidazole rings is 1. The van der Waals surface area contributed by atoms with E-state index in [1.54, 1.807) is 13.4 Å². The summed E-state index contributed by atoms with van der Waals surface area (Å²) < 4.78 is 7.58.